The van der Waals surface area contributed by atoms with Crippen LogP contribution in [-0.4, -0.2) is 48.3 Å². The number of piperidine rings is 1. The largest absolute Gasteiger partial charge is 0.397 e. The summed E-state index contributed by atoms with van der Waals surface area (Å²) in [4.78, 5) is 16.8. The van der Waals surface area contributed by atoms with Crippen molar-refractivity contribution in [2.24, 2.45) is 5.73 Å². The molecule has 6 nitrogen and oxygen atoms in total. The number of fused-ring (bicyclic) bond motifs is 1. The van der Waals surface area contributed by atoms with E-state index in [9.17, 15) is 9.90 Å². The van der Waals surface area contributed by atoms with Crippen LogP contribution in [0.2, 0.25) is 0 Å². The van der Waals surface area contributed by atoms with Crippen LogP contribution in [0.25, 0.3) is 5.57 Å². The summed E-state index contributed by atoms with van der Waals surface area (Å²) in [5.41, 5.74) is 14.5. The van der Waals surface area contributed by atoms with Crippen LogP contribution < -0.4 is 16.4 Å². The third-order valence-electron chi connectivity index (χ3n) is 5.28. The van der Waals surface area contributed by atoms with Crippen molar-refractivity contribution in [1.82, 2.24) is 4.90 Å². The molecule has 1 fully saturated rings. The molecule has 25 heavy (non-hydrogen) atoms. The summed E-state index contributed by atoms with van der Waals surface area (Å²) >= 11 is 1.38. The van der Waals surface area contributed by atoms with Crippen LogP contribution in [0.3, 0.4) is 0 Å². The molecule has 3 rings (SSSR count). The highest BCUT2D eigenvalue weighted by Crippen LogP contribution is 2.47. The van der Waals surface area contributed by atoms with Gasteiger partial charge in [0.25, 0.3) is 5.91 Å². The topological polar surface area (TPSA) is 95.8 Å². The molecule has 7 heteroatoms. The standard InChI is InChI=1S/C18H28N4O2S/c1-3-6-11-9-13(22-8-5-4-7-12(22)10-23)21(2)18-14(11)15(19)16(25-18)17(20)24/h9,12-13,23H,3-8,10,19H2,1-2H3,(H2,20,24). The van der Waals surface area contributed by atoms with Gasteiger partial charge in [-0.3, -0.25) is 9.69 Å². The lowest BCUT2D eigenvalue weighted by Crippen LogP contribution is -2.54. The Hall–Kier alpha value is -1.57. The molecule has 1 aromatic rings. The predicted molar refractivity (Wildman–Crippen MR) is 104 cm³/mol. The van der Waals surface area contributed by atoms with Gasteiger partial charge in [0.05, 0.1) is 12.3 Å². The van der Waals surface area contributed by atoms with Gasteiger partial charge in [-0.25, -0.2) is 0 Å². The average Bonchev–Trinajstić information content (AvgIpc) is 2.96. The zero-order valence-corrected chi connectivity index (χ0v) is 15.8. The number of allylic oxidation sites excluding steroid dienone is 1. The third-order valence-corrected chi connectivity index (χ3v) is 6.59. The van der Waals surface area contributed by atoms with Crippen LogP contribution >= 0.6 is 11.3 Å². The van der Waals surface area contributed by atoms with E-state index in [0.717, 1.165) is 49.2 Å². The number of carbonyl (C=O) groups excluding carboxylic acids is 1. The highest BCUT2D eigenvalue weighted by atomic mass is 32.1. The third kappa shape index (κ3) is 3.16. The first-order valence-corrected chi connectivity index (χ1v) is 9.83. The van der Waals surface area contributed by atoms with Gasteiger partial charge in [0.1, 0.15) is 16.0 Å². The number of nitrogens with zero attached hydrogens (tertiary/aromatic N) is 2. The molecule has 1 aromatic heterocycles. The zero-order chi connectivity index (χ0) is 18.1. The van der Waals surface area contributed by atoms with Crippen LogP contribution in [0.4, 0.5) is 10.7 Å². The van der Waals surface area contributed by atoms with Crippen molar-refractivity contribution < 1.29 is 9.90 Å². The lowest BCUT2D eigenvalue weighted by molar-refractivity contribution is 0.0687. The van der Waals surface area contributed by atoms with Gasteiger partial charge in [-0.15, -0.1) is 11.3 Å². The van der Waals surface area contributed by atoms with Crippen molar-refractivity contribution in [3.63, 3.8) is 0 Å². The number of carbonyl (C=O) groups is 1. The van der Waals surface area contributed by atoms with E-state index in [1.54, 1.807) is 0 Å². The van der Waals surface area contributed by atoms with E-state index in [1.165, 1.54) is 16.9 Å². The Balaban J connectivity index is 2.04. The number of hydrogen-bond acceptors (Lipinski definition) is 6. The first kappa shape index (κ1) is 18.2. The fraction of sp³-hybridized carbons (Fsp3) is 0.611. The minimum atomic E-state index is -0.469. The quantitative estimate of drug-likeness (QED) is 0.745. The van der Waals surface area contributed by atoms with Gasteiger partial charge in [0, 0.05) is 25.2 Å². The molecule has 0 radical (unpaired) electrons. The van der Waals surface area contributed by atoms with Gasteiger partial charge in [0.15, 0.2) is 0 Å². The SMILES string of the molecule is CCCC1=CC(N2CCCCC2CO)N(C)c2sc(C(N)=O)c(N)c21. The summed E-state index contributed by atoms with van der Waals surface area (Å²) in [7, 11) is 2.03. The summed E-state index contributed by atoms with van der Waals surface area (Å²) in [6.07, 6.45) is 7.57. The number of nitrogen functional groups attached to an aromatic ring is 1. The van der Waals surface area contributed by atoms with Crippen molar-refractivity contribution in [2.75, 3.05) is 30.8 Å². The monoisotopic (exact) mass is 364 g/mol. The number of primary amides is 1. The smallest absolute Gasteiger partial charge is 0.260 e. The van der Waals surface area contributed by atoms with Crippen molar-refractivity contribution in [3.05, 3.63) is 16.5 Å². The van der Waals surface area contributed by atoms with Gasteiger partial charge >= 0.3 is 0 Å². The molecule has 138 valence electrons. The van der Waals surface area contributed by atoms with E-state index < -0.39 is 5.91 Å². The second-order valence-electron chi connectivity index (χ2n) is 6.93. The number of nitrogens with two attached hydrogens (primary N) is 2. The molecule has 0 saturated carbocycles. The Bertz CT molecular complexity index is 685. The lowest BCUT2D eigenvalue weighted by Gasteiger charge is -2.45. The predicted octanol–water partition coefficient (Wildman–Crippen LogP) is 2.24. The van der Waals surface area contributed by atoms with Gasteiger partial charge in [-0.1, -0.05) is 19.8 Å². The first-order chi connectivity index (χ1) is 12.0. The van der Waals surface area contributed by atoms with Crippen LogP contribution in [0.15, 0.2) is 6.08 Å². The number of amides is 1. The second kappa shape index (κ2) is 7.35. The maximum Gasteiger partial charge on any atom is 0.260 e. The Morgan fingerprint density at radius 2 is 2.20 bits per heavy atom. The number of aliphatic hydroxyl groups excluding tert-OH is 1. The molecular weight excluding hydrogens is 336 g/mol. The molecule has 1 amide bonds. The molecule has 2 unspecified atom stereocenters. The van der Waals surface area contributed by atoms with Crippen molar-refractivity contribution >= 4 is 33.5 Å². The minimum absolute atomic E-state index is 0.0743. The highest BCUT2D eigenvalue weighted by molar-refractivity contribution is 7.19. The highest BCUT2D eigenvalue weighted by Gasteiger charge is 2.36. The van der Waals surface area contributed by atoms with Crippen LogP contribution in [0.5, 0.6) is 0 Å². The molecule has 2 atom stereocenters. The molecule has 0 spiro atoms. The maximum atomic E-state index is 11.8. The molecule has 0 bridgehead atoms. The Labute approximate surface area is 153 Å². The first-order valence-electron chi connectivity index (χ1n) is 9.02. The Morgan fingerprint density at radius 1 is 1.44 bits per heavy atom. The van der Waals surface area contributed by atoms with Crippen LogP contribution in [0, 0.1) is 0 Å². The molecule has 3 heterocycles. The van der Waals surface area contributed by atoms with Gasteiger partial charge in [0.2, 0.25) is 0 Å². The van der Waals surface area contributed by atoms with Gasteiger partial charge in [-0.2, -0.15) is 0 Å². The van der Waals surface area contributed by atoms with E-state index in [4.69, 9.17) is 11.5 Å². The molecule has 0 aliphatic carbocycles. The van der Waals surface area contributed by atoms with E-state index in [-0.39, 0.29) is 18.8 Å². The normalized spacial score (nSPS) is 24.1. The average molecular weight is 365 g/mol. The van der Waals surface area contributed by atoms with Crippen LogP contribution in [-0.2, 0) is 0 Å². The van der Waals surface area contributed by atoms with E-state index in [1.807, 2.05) is 7.05 Å². The molecule has 1 saturated heterocycles. The summed E-state index contributed by atoms with van der Waals surface area (Å²) < 4.78 is 0. The molecule has 5 N–H and O–H groups in total. The van der Waals surface area contributed by atoms with Crippen molar-refractivity contribution in [2.45, 2.75) is 51.2 Å². The van der Waals surface area contributed by atoms with E-state index in [0.29, 0.717) is 10.6 Å². The number of likely N-dealkylation sites (tertiary alicyclic amines) is 1. The molecule has 2 aliphatic rings. The maximum absolute atomic E-state index is 11.8. The summed E-state index contributed by atoms with van der Waals surface area (Å²) in [6, 6.07) is 0.176. The molecule has 2 aliphatic heterocycles. The zero-order valence-electron chi connectivity index (χ0n) is 15.0. The van der Waals surface area contributed by atoms with Gasteiger partial charge < -0.3 is 21.5 Å². The fourth-order valence-corrected chi connectivity index (χ4v) is 5.13. The second-order valence-corrected chi connectivity index (χ2v) is 7.92. The summed E-state index contributed by atoms with van der Waals surface area (Å²) in [6.45, 7) is 3.28. The number of hydrogen-bond donors (Lipinski definition) is 3. The van der Waals surface area contributed by atoms with Crippen LogP contribution in [0.1, 0.15) is 54.3 Å². The molecule has 0 aromatic carbocycles. The number of rotatable bonds is 5. The van der Waals surface area contributed by atoms with E-state index >= 15 is 0 Å². The lowest BCUT2D eigenvalue weighted by atomic mass is 9.94. The number of aliphatic hydroxyl groups is 1. The number of thiophene rings is 1. The number of anilines is 2. The minimum Gasteiger partial charge on any atom is -0.397 e. The van der Waals surface area contributed by atoms with E-state index in [2.05, 4.69) is 22.8 Å². The number of likely N-dealkylation sites (N-methyl/N-ethyl adjacent to an activating group) is 1. The van der Waals surface area contributed by atoms with Gasteiger partial charge in [-0.05, 0) is 30.9 Å². The summed E-state index contributed by atoms with van der Waals surface area (Å²) in [5.74, 6) is -0.469. The fourth-order valence-electron chi connectivity index (χ4n) is 4.03. The summed E-state index contributed by atoms with van der Waals surface area (Å²) in [5, 5.41) is 10.8. The Kier molecular flexibility index (Phi) is 5.36. The Morgan fingerprint density at radius 3 is 2.84 bits per heavy atom. The van der Waals surface area contributed by atoms with Crippen molar-refractivity contribution in [1.29, 1.82) is 0 Å². The molecular formula is C18H28N4O2S. The van der Waals surface area contributed by atoms with Crippen molar-refractivity contribution in [3.8, 4) is 0 Å².